The van der Waals surface area contributed by atoms with E-state index in [4.69, 9.17) is 5.73 Å². The van der Waals surface area contributed by atoms with Crippen molar-refractivity contribution in [2.45, 2.75) is 0 Å². The predicted molar refractivity (Wildman–Crippen MR) is 35.3 cm³/mol. The van der Waals surface area contributed by atoms with Crippen molar-refractivity contribution in [3.05, 3.63) is 30.1 Å². The molecular formula is C7H6N2. The Labute approximate surface area is 53.7 Å². The molecule has 0 aliphatic heterocycles. The monoisotopic (exact) mass is 118 g/mol. The molecule has 0 atom stereocenters. The number of rotatable bonds is 0. The number of pyridine rings is 1. The molecule has 0 fully saturated rings. The summed E-state index contributed by atoms with van der Waals surface area (Å²) in [4.78, 5) is 3.85. The van der Waals surface area contributed by atoms with Crippen LogP contribution in [0.1, 0.15) is 5.56 Å². The second-order valence-corrected chi connectivity index (χ2v) is 1.51. The molecule has 1 aromatic rings. The van der Waals surface area contributed by atoms with Gasteiger partial charge in [0.05, 0.1) is 0 Å². The lowest BCUT2D eigenvalue weighted by atomic mass is 10.3. The average Bonchev–Trinajstić information content (AvgIpc) is 1.91. The Bertz CT molecular complexity index is 230. The van der Waals surface area contributed by atoms with E-state index in [1.54, 1.807) is 12.4 Å². The van der Waals surface area contributed by atoms with Gasteiger partial charge in [-0.15, -0.1) is 0 Å². The van der Waals surface area contributed by atoms with Crippen molar-refractivity contribution in [1.29, 1.82) is 0 Å². The molecule has 0 aliphatic rings. The maximum Gasteiger partial charge on any atom is 0.0447 e. The third kappa shape index (κ3) is 1.46. The van der Waals surface area contributed by atoms with Crippen LogP contribution in [0.2, 0.25) is 0 Å². The molecule has 0 aliphatic carbocycles. The third-order valence-electron chi connectivity index (χ3n) is 0.878. The van der Waals surface area contributed by atoms with E-state index in [2.05, 4.69) is 16.9 Å². The second-order valence-electron chi connectivity index (χ2n) is 1.51. The molecule has 0 unspecified atom stereocenters. The van der Waals surface area contributed by atoms with Crippen molar-refractivity contribution in [3.8, 4) is 12.0 Å². The molecule has 0 bridgehead atoms. The zero-order valence-corrected chi connectivity index (χ0v) is 4.83. The molecule has 0 amide bonds. The van der Waals surface area contributed by atoms with E-state index in [0.29, 0.717) is 0 Å². The minimum Gasteiger partial charge on any atom is -0.359 e. The summed E-state index contributed by atoms with van der Waals surface area (Å²) in [7, 11) is 0. The summed E-state index contributed by atoms with van der Waals surface area (Å²) in [5.74, 6) is 2.67. The van der Waals surface area contributed by atoms with Crippen LogP contribution < -0.4 is 5.73 Å². The van der Waals surface area contributed by atoms with Crippen molar-refractivity contribution in [2.75, 3.05) is 0 Å². The SMILES string of the molecule is NC#Cc1cccnc1. The van der Waals surface area contributed by atoms with Crippen molar-refractivity contribution in [3.63, 3.8) is 0 Å². The van der Waals surface area contributed by atoms with Gasteiger partial charge >= 0.3 is 0 Å². The number of nitrogens with zero attached hydrogens (tertiary/aromatic N) is 1. The van der Waals surface area contributed by atoms with Gasteiger partial charge < -0.3 is 5.73 Å². The lowest BCUT2D eigenvalue weighted by Crippen LogP contribution is -1.79. The standard InChI is InChI=1S/C7H6N2/c8-4-3-7-2-1-5-9-6-7/h1-2,5-6H,8H2. The summed E-state index contributed by atoms with van der Waals surface area (Å²) in [5.41, 5.74) is 5.82. The molecular weight excluding hydrogens is 112 g/mol. The molecule has 0 saturated heterocycles. The van der Waals surface area contributed by atoms with Gasteiger partial charge in [-0.2, -0.15) is 0 Å². The van der Waals surface area contributed by atoms with Gasteiger partial charge in [-0.3, -0.25) is 4.98 Å². The van der Waals surface area contributed by atoms with E-state index in [9.17, 15) is 0 Å². The quantitative estimate of drug-likeness (QED) is 0.394. The van der Waals surface area contributed by atoms with Crippen molar-refractivity contribution in [1.82, 2.24) is 4.98 Å². The van der Waals surface area contributed by atoms with E-state index in [0.717, 1.165) is 5.56 Å². The third-order valence-corrected chi connectivity index (χ3v) is 0.878. The van der Waals surface area contributed by atoms with Crippen LogP contribution in [-0.4, -0.2) is 4.98 Å². The van der Waals surface area contributed by atoms with Gasteiger partial charge in [0.25, 0.3) is 0 Å². The highest BCUT2D eigenvalue weighted by molar-refractivity contribution is 5.29. The van der Waals surface area contributed by atoms with Gasteiger partial charge in [0.2, 0.25) is 0 Å². The fourth-order valence-corrected chi connectivity index (χ4v) is 0.520. The number of hydrogen-bond donors (Lipinski definition) is 1. The van der Waals surface area contributed by atoms with E-state index in [1.165, 1.54) is 0 Å². The van der Waals surface area contributed by atoms with Gasteiger partial charge in [-0.1, -0.05) is 0 Å². The fraction of sp³-hybridized carbons (Fsp3) is 0. The Morgan fingerprint density at radius 3 is 3.00 bits per heavy atom. The summed E-state index contributed by atoms with van der Waals surface area (Å²) < 4.78 is 0. The van der Waals surface area contributed by atoms with Gasteiger partial charge in [0.15, 0.2) is 0 Å². The Kier molecular flexibility index (Phi) is 1.71. The van der Waals surface area contributed by atoms with E-state index >= 15 is 0 Å². The van der Waals surface area contributed by atoms with Gasteiger partial charge in [0.1, 0.15) is 0 Å². The zero-order valence-electron chi connectivity index (χ0n) is 4.83. The molecule has 0 spiro atoms. The smallest absolute Gasteiger partial charge is 0.0447 e. The molecule has 0 radical (unpaired) electrons. The maximum absolute atomic E-state index is 4.97. The van der Waals surface area contributed by atoms with Gasteiger partial charge in [-0.05, 0) is 18.1 Å². The molecule has 1 rings (SSSR count). The van der Waals surface area contributed by atoms with Crippen LogP contribution in [0.3, 0.4) is 0 Å². The van der Waals surface area contributed by atoms with Crippen LogP contribution in [0.15, 0.2) is 24.5 Å². The molecule has 0 saturated carbocycles. The zero-order chi connectivity index (χ0) is 6.53. The fourth-order valence-electron chi connectivity index (χ4n) is 0.520. The first-order chi connectivity index (χ1) is 4.43. The predicted octanol–water partition coefficient (Wildman–Crippen LogP) is 0.349. The lowest BCUT2D eigenvalue weighted by Gasteiger charge is -1.82. The van der Waals surface area contributed by atoms with Crippen LogP contribution in [0.5, 0.6) is 0 Å². The van der Waals surface area contributed by atoms with E-state index in [-0.39, 0.29) is 0 Å². The van der Waals surface area contributed by atoms with Crippen LogP contribution in [0, 0.1) is 12.0 Å². The molecule has 2 N–H and O–H groups in total. The molecule has 1 aromatic heterocycles. The van der Waals surface area contributed by atoms with Crippen LogP contribution in [0.4, 0.5) is 0 Å². The Morgan fingerprint density at radius 1 is 1.56 bits per heavy atom. The largest absolute Gasteiger partial charge is 0.359 e. The molecule has 0 aromatic carbocycles. The van der Waals surface area contributed by atoms with Crippen LogP contribution >= 0.6 is 0 Å². The number of aromatic nitrogens is 1. The lowest BCUT2D eigenvalue weighted by molar-refractivity contribution is 1.31. The summed E-state index contributed by atoms with van der Waals surface area (Å²) in [6.45, 7) is 0. The number of nitrogens with two attached hydrogens (primary N) is 1. The van der Waals surface area contributed by atoms with Crippen molar-refractivity contribution in [2.24, 2.45) is 5.73 Å². The van der Waals surface area contributed by atoms with Crippen LogP contribution in [0.25, 0.3) is 0 Å². The number of hydrogen-bond acceptors (Lipinski definition) is 2. The second kappa shape index (κ2) is 2.73. The molecule has 1 heterocycles. The Morgan fingerprint density at radius 2 is 2.44 bits per heavy atom. The average molecular weight is 118 g/mol. The Hall–Kier alpha value is -1.49. The normalized spacial score (nSPS) is 7.56. The van der Waals surface area contributed by atoms with Gasteiger partial charge in [-0.25, -0.2) is 0 Å². The molecule has 2 heteroatoms. The van der Waals surface area contributed by atoms with E-state index in [1.807, 2.05) is 12.1 Å². The summed E-state index contributed by atoms with van der Waals surface area (Å²) in [6, 6.07) is 5.97. The maximum atomic E-state index is 4.97. The highest BCUT2D eigenvalue weighted by Crippen LogP contribution is 1.89. The summed E-state index contributed by atoms with van der Waals surface area (Å²) in [5, 5.41) is 0. The molecule has 2 nitrogen and oxygen atoms in total. The van der Waals surface area contributed by atoms with Gasteiger partial charge in [0, 0.05) is 24.0 Å². The summed E-state index contributed by atoms with van der Waals surface area (Å²) >= 11 is 0. The van der Waals surface area contributed by atoms with Crippen LogP contribution in [-0.2, 0) is 0 Å². The first-order valence-electron chi connectivity index (χ1n) is 2.55. The first kappa shape index (κ1) is 5.64. The highest BCUT2D eigenvalue weighted by Gasteiger charge is 1.79. The highest BCUT2D eigenvalue weighted by atomic mass is 14.6. The van der Waals surface area contributed by atoms with Crippen molar-refractivity contribution < 1.29 is 0 Å². The summed E-state index contributed by atoms with van der Waals surface area (Å²) in [6.07, 6.45) is 3.36. The first-order valence-corrected chi connectivity index (χ1v) is 2.55. The van der Waals surface area contributed by atoms with E-state index < -0.39 is 0 Å². The minimum absolute atomic E-state index is 0.847. The molecule has 44 valence electrons. The van der Waals surface area contributed by atoms with Crippen molar-refractivity contribution >= 4 is 0 Å². The minimum atomic E-state index is 0.847. The Balaban J connectivity index is 2.94. The molecule has 9 heavy (non-hydrogen) atoms. The topological polar surface area (TPSA) is 38.9 Å².